The third-order valence-electron chi connectivity index (χ3n) is 4.17. The molecule has 10 heteroatoms. The van der Waals surface area contributed by atoms with E-state index in [9.17, 15) is 4.79 Å². The summed E-state index contributed by atoms with van der Waals surface area (Å²) >= 11 is 8.86. The fourth-order valence-corrected chi connectivity index (χ4v) is 4.71. The average molecular weight is 457 g/mol. The first-order valence-electron chi connectivity index (χ1n) is 9.00. The molecule has 4 aromatic rings. The van der Waals surface area contributed by atoms with Gasteiger partial charge in [0.1, 0.15) is 0 Å². The van der Waals surface area contributed by atoms with E-state index in [4.69, 9.17) is 11.6 Å². The summed E-state index contributed by atoms with van der Waals surface area (Å²) in [5.41, 5.74) is 3.57. The molecule has 0 aliphatic heterocycles. The van der Waals surface area contributed by atoms with Crippen molar-refractivity contribution in [2.24, 2.45) is 0 Å². The minimum Gasteiger partial charge on any atom is -0.274 e. The molecule has 152 valence electrons. The molecule has 0 spiro atoms. The number of halogens is 1. The third-order valence-corrected chi connectivity index (χ3v) is 6.25. The van der Waals surface area contributed by atoms with Crippen molar-refractivity contribution in [3.63, 3.8) is 0 Å². The van der Waals surface area contributed by atoms with Crippen molar-refractivity contribution in [1.82, 2.24) is 25.2 Å². The Labute approximate surface area is 186 Å². The molecule has 0 saturated carbocycles. The number of aryl methyl sites for hydroxylation is 1. The molecule has 1 amide bonds. The quantitative estimate of drug-likeness (QED) is 0.377. The first-order chi connectivity index (χ1) is 14.5. The number of anilines is 2. The number of tetrazole rings is 1. The number of rotatable bonds is 6. The second kappa shape index (κ2) is 8.95. The molecule has 30 heavy (non-hydrogen) atoms. The zero-order valence-corrected chi connectivity index (χ0v) is 18.6. The largest absolute Gasteiger partial charge is 0.274 e. The van der Waals surface area contributed by atoms with Gasteiger partial charge in [-0.3, -0.25) is 9.69 Å². The van der Waals surface area contributed by atoms with Crippen LogP contribution in [0.1, 0.15) is 18.2 Å². The lowest BCUT2D eigenvalue weighted by Crippen LogP contribution is -2.22. The Morgan fingerprint density at radius 3 is 2.77 bits per heavy atom. The van der Waals surface area contributed by atoms with Crippen LogP contribution in [0, 0.1) is 6.92 Å². The van der Waals surface area contributed by atoms with Gasteiger partial charge in [-0.2, -0.15) is 4.68 Å². The first kappa shape index (κ1) is 20.5. The maximum absolute atomic E-state index is 12.3. The highest BCUT2D eigenvalue weighted by Gasteiger charge is 2.18. The van der Waals surface area contributed by atoms with Crippen molar-refractivity contribution in [1.29, 1.82) is 0 Å². The summed E-state index contributed by atoms with van der Waals surface area (Å²) in [5.74, 6) is 0.491. The van der Waals surface area contributed by atoms with Crippen molar-refractivity contribution in [3.8, 4) is 5.69 Å². The highest BCUT2D eigenvalue weighted by Crippen LogP contribution is 2.31. The van der Waals surface area contributed by atoms with Crippen LogP contribution >= 0.6 is 34.7 Å². The Bertz CT molecular complexity index is 1170. The standard InChI is InChI=1S/C20H17ClN6OS2/c1-13-4-3-5-18(10-13)26(14(2)28)19-22-16(11-29-19)12-30-20-23-24-25-27(20)17-8-6-15(21)7-9-17/h3-11H,12H2,1-2H3. The summed E-state index contributed by atoms with van der Waals surface area (Å²) in [6.07, 6.45) is 0. The summed E-state index contributed by atoms with van der Waals surface area (Å²) in [5, 5.41) is 15.8. The predicted octanol–water partition coefficient (Wildman–Crippen LogP) is 5.06. The van der Waals surface area contributed by atoms with Gasteiger partial charge in [0.25, 0.3) is 0 Å². The van der Waals surface area contributed by atoms with Crippen molar-refractivity contribution in [2.75, 3.05) is 4.90 Å². The number of thioether (sulfide) groups is 1. The molecule has 0 bridgehead atoms. The number of aromatic nitrogens is 5. The molecule has 0 unspecified atom stereocenters. The van der Waals surface area contributed by atoms with Gasteiger partial charge in [0, 0.05) is 23.1 Å². The molecule has 0 atom stereocenters. The lowest BCUT2D eigenvalue weighted by molar-refractivity contribution is -0.115. The van der Waals surface area contributed by atoms with Gasteiger partial charge in [0.15, 0.2) is 5.13 Å². The minimum absolute atomic E-state index is 0.0826. The Kier molecular flexibility index (Phi) is 6.12. The molecule has 0 aliphatic carbocycles. The van der Waals surface area contributed by atoms with Crippen LogP contribution in [0.4, 0.5) is 10.8 Å². The van der Waals surface area contributed by atoms with Crippen LogP contribution in [0.25, 0.3) is 5.69 Å². The van der Waals surface area contributed by atoms with Crippen LogP contribution in [0.3, 0.4) is 0 Å². The second-order valence-electron chi connectivity index (χ2n) is 6.45. The van der Waals surface area contributed by atoms with Crippen LogP contribution in [-0.2, 0) is 10.5 Å². The van der Waals surface area contributed by atoms with Gasteiger partial charge in [-0.05, 0) is 59.3 Å². The number of carbonyl (C=O) groups is 1. The van der Waals surface area contributed by atoms with E-state index in [-0.39, 0.29) is 5.91 Å². The predicted molar refractivity (Wildman–Crippen MR) is 120 cm³/mol. The van der Waals surface area contributed by atoms with Gasteiger partial charge < -0.3 is 0 Å². The molecule has 2 aromatic heterocycles. The Balaban J connectivity index is 1.51. The number of benzene rings is 2. The van der Waals surface area contributed by atoms with Crippen molar-refractivity contribution in [2.45, 2.75) is 24.8 Å². The molecule has 2 heterocycles. The monoisotopic (exact) mass is 456 g/mol. The first-order valence-corrected chi connectivity index (χ1v) is 11.2. The van der Waals surface area contributed by atoms with E-state index in [0.29, 0.717) is 21.1 Å². The van der Waals surface area contributed by atoms with Crippen LogP contribution in [0.15, 0.2) is 59.1 Å². The molecular formula is C20H17ClN6OS2. The second-order valence-corrected chi connectivity index (χ2v) is 8.67. The Morgan fingerprint density at radius 1 is 1.23 bits per heavy atom. The van der Waals surface area contributed by atoms with Crippen LogP contribution in [0.5, 0.6) is 0 Å². The SMILES string of the molecule is CC(=O)N(c1cccc(C)c1)c1nc(CSc2nnnn2-c2ccc(Cl)cc2)cs1. The van der Waals surface area contributed by atoms with Gasteiger partial charge in [0.2, 0.25) is 11.1 Å². The molecule has 0 radical (unpaired) electrons. The lowest BCUT2D eigenvalue weighted by atomic mass is 10.2. The Morgan fingerprint density at radius 2 is 2.03 bits per heavy atom. The number of nitrogens with zero attached hydrogens (tertiary/aromatic N) is 6. The number of amides is 1. The van der Waals surface area contributed by atoms with Gasteiger partial charge in [0.05, 0.1) is 17.1 Å². The molecular weight excluding hydrogens is 440 g/mol. The number of hydrogen-bond donors (Lipinski definition) is 0. The summed E-state index contributed by atoms with van der Waals surface area (Å²) in [6, 6.07) is 15.1. The molecule has 0 fully saturated rings. The highest BCUT2D eigenvalue weighted by molar-refractivity contribution is 7.98. The number of carbonyl (C=O) groups excluding carboxylic acids is 1. The van der Waals surface area contributed by atoms with E-state index in [1.54, 1.807) is 28.6 Å². The van der Waals surface area contributed by atoms with Gasteiger partial charge in [-0.15, -0.1) is 16.4 Å². The number of hydrogen-bond acceptors (Lipinski definition) is 7. The minimum atomic E-state index is -0.0826. The van der Waals surface area contributed by atoms with Gasteiger partial charge in [-0.25, -0.2) is 4.98 Å². The maximum atomic E-state index is 12.3. The topological polar surface area (TPSA) is 76.8 Å². The zero-order valence-electron chi connectivity index (χ0n) is 16.2. The van der Waals surface area contributed by atoms with Crippen molar-refractivity contribution >= 4 is 51.4 Å². The van der Waals surface area contributed by atoms with Crippen LogP contribution < -0.4 is 4.90 Å². The van der Waals surface area contributed by atoms with E-state index in [1.807, 2.05) is 48.7 Å². The van der Waals surface area contributed by atoms with E-state index in [0.717, 1.165) is 22.6 Å². The summed E-state index contributed by atoms with van der Waals surface area (Å²) in [4.78, 5) is 18.6. The van der Waals surface area contributed by atoms with E-state index in [2.05, 4.69) is 20.5 Å². The van der Waals surface area contributed by atoms with Gasteiger partial charge >= 0.3 is 0 Å². The average Bonchev–Trinajstić information content (AvgIpc) is 3.36. The summed E-state index contributed by atoms with van der Waals surface area (Å²) < 4.78 is 1.66. The fraction of sp³-hybridized carbons (Fsp3) is 0.150. The highest BCUT2D eigenvalue weighted by atomic mass is 35.5. The van der Waals surface area contributed by atoms with E-state index in [1.165, 1.54) is 23.1 Å². The third kappa shape index (κ3) is 4.53. The molecule has 0 N–H and O–H groups in total. The smallest absolute Gasteiger partial charge is 0.230 e. The normalized spacial score (nSPS) is 10.9. The Hall–Kier alpha value is -2.75. The van der Waals surface area contributed by atoms with E-state index < -0.39 is 0 Å². The van der Waals surface area contributed by atoms with Crippen LogP contribution in [0.2, 0.25) is 5.02 Å². The zero-order chi connectivity index (χ0) is 21.1. The molecule has 7 nitrogen and oxygen atoms in total. The van der Waals surface area contributed by atoms with Crippen molar-refractivity contribution in [3.05, 3.63) is 70.2 Å². The molecule has 0 saturated heterocycles. The summed E-state index contributed by atoms with van der Waals surface area (Å²) in [7, 11) is 0. The lowest BCUT2D eigenvalue weighted by Gasteiger charge is -2.18. The van der Waals surface area contributed by atoms with Gasteiger partial charge in [-0.1, -0.05) is 35.5 Å². The number of thiazole rings is 1. The van der Waals surface area contributed by atoms with Crippen LogP contribution in [-0.4, -0.2) is 31.1 Å². The fourth-order valence-electron chi connectivity index (χ4n) is 2.81. The summed E-state index contributed by atoms with van der Waals surface area (Å²) in [6.45, 7) is 3.54. The molecule has 0 aliphatic rings. The maximum Gasteiger partial charge on any atom is 0.230 e. The molecule has 4 rings (SSSR count). The molecule has 2 aromatic carbocycles. The van der Waals surface area contributed by atoms with E-state index >= 15 is 0 Å². The van der Waals surface area contributed by atoms with Crippen molar-refractivity contribution < 1.29 is 4.79 Å².